The van der Waals surface area contributed by atoms with Crippen molar-refractivity contribution in [3.8, 4) is 0 Å². The van der Waals surface area contributed by atoms with Gasteiger partial charge in [-0.25, -0.2) is 0 Å². The van der Waals surface area contributed by atoms with Crippen LogP contribution >= 0.6 is 23.5 Å². The molecular weight excluding hydrogens is 288 g/mol. The molecule has 3 rings (SSSR count). The molecule has 0 radical (unpaired) electrons. The summed E-state index contributed by atoms with van der Waals surface area (Å²) in [6, 6.07) is 8.30. The van der Waals surface area contributed by atoms with Crippen LogP contribution in [0.15, 0.2) is 24.3 Å². The van der Waals surface area contributed by atoms with E-state index in [9.17, 15) is 4.79 Å². The van der Waals surface area contributed by atoms with Gasteiger partial charge in [0.2, 0.25) is 5.91 Å². The molecule has 0 spiro atoms. The summed E-state index contributed by atoms with van der Waals surface area (Å²) >= 11 is 4.03. The Balaban J connectivity index is 1.59. The molecule has 5 heteroatoms. The fourth-order valence-corrected chi connectivity index (χ4v) is 5.75. The van der Waals surface area contributed by atoms with Crippen LogP contribution in [0.4, 0.5) is 5.69 Å². The summed E-state index contributed by atoms with van der Waals surface area (Å²) in [4.78, 5) is 12.0. The van der Waals surface area contributed by atoms with Crippen LogP contribution in [-0.2, 0) is 4.79 Å². The minimum absolute atomic E-state index is 0.0172. The molecule has 1 aromatic carbocycles. The Morgan fingerprint density at radius 1 is 1.35 bits per heavy atom. The van der Waals surface area contributed by atoms with Gasteiger partial charge < -0.3 is 10.6 Å². The Labute approximate surface area is 128 Å². The minimum Gasteiger partial charge on any atom is -0.325 e. The van der Waals surface area contributed by atoms with Crippen LogP contribution in [0.5, 0.6) is 0 Å². The van der Waals surface area contributed by atoms with Crippen LogP contribution in [-0.4, -0.2) is 29.5 Å². The molecule has 2 aliphatic rings. The van der Waals surface area contributed by atoms with Crippen LogP contribution in [0.1, 0.15) is 29.9 Å². The quantitative estimate of drug-likeness (QED) is 0.899. The second kappa shape index (κ2) is 6.41. The zero-order valence-corrected chi connectivity index (χ0v) is 13.2. The van der Waals surface area contributed by atoms with Gasteiger partial charge in [-0.1, -0.05) is 19.1 Å². The maximum absolute atomic E-state index is 12.0. The van der Waals surface area contributed by atoms with Gasteiger partial charge in [-0.05, 0) is 37.1 Å². The van der Waals surface area contributed by atoms with Gasteiger partial charge in [0.1, 0.15) is 0 Å². The normalized spacial score (nSPS) is 29.6. The minimum atomic E-state index is -0.0172. The lowest BCUT2D eigenvalue weighted by molar-refractivity contribution is -0.117. The lowest BCUT2D eigenvalue weighted by Gasteiger charge is -2.13. The zero-order valence-electron chi connectivity index (χ0n) is 11.6. The highest BCUT2D eigenvalue weighted by molar-refractivity contribution is 8.19. The van der Waals surface area contributed by atoms with E-state index in [4.69, 9.17) is 0 Å². The van der Waals surface area contributed by atoms with Gasteiger partial charge in [-0.2, -0.15) is 0 Å². The van der Waals surface area contributed by atoms with Crippen molar-refractivity contribution >= 4 is 35.1 Å². The molecule has 108 valence electrons. The first-order chi connectivity index (χ1) is 9.72. The topological polar surface area (TPSA) is 41.1 Å². The van der Waals surface area contributed by atoms with Crippen molar-refractivity contribution in [2.24, 2.45) is 0 Å². The Morgan fingerprint density at radius 3 is 2.75 bits per heavy atom. The number of carbonyl (C=O) groups is 1. The predicted molar refractivity (Wildman–Crippen MR) is 88.3 cm³/mol. The molecule has 1 aromatic rings. The Hall–Kier alpha value is -0.650. The van der Waals surface area contributed by atoms with E-state index in [1.807, 2.05) is 35.7 Å². The summed E-state index contributed by atoms with van der Waals surface area (Å²) in [6.07, 6.45) is 2.03. The molecule has 0 saturated carbocycles. The van der Waals surface area contributed by atoms with Crippen molar-refractivity contribution in [1.29, 1.82) is 0 Å². The molecule has 2 heterocycles. The second-order valence-electron chi connectivity index (χ2n) is 5.37. The molecule has 2 aliphatic heterocycles. The molecule has 0 aromatic heterocycles. The van der Waals surface area contributed by atoms with E-state index in [2.05, 4.69) is 29.7 Å². The Kier molecular flexibility index (Phi) is 4.58. The maximum Gasteiger partial charge on any atom is 0.241 e. The summed E-state index contributed by atoms with van der Waals surface area (Å²) in [7, 11) is 0. The van der Waals surface area contributed by atoms with Gasteiger partial charge in [0, 0.05) is 16.7 Å². The number of anilines is 1. The average molecular weight is 308 g/mol. The highest BCUT2D eigenvalue weighted by atomic mass is 32.2. The van der Waals surface area contributed by atoms with Crippen molar-refractivity contribution in [1.82, 2.24) is 5.32 Å². The molecule has 3 unspecified atom stereocenters. The van der Waals surface area contributed by atoms with Gasteiger partial charge in [0.15, 0.2) is 0 Å². The molecule has 0 bridgehead atoms. The highest BCUT2D eigenvalue weighted by Crippen LogP contribution is 2.49. The molecule has 1 amide bonds. The largest absolute Gasteiger partial charge is 0.325 e. The van der Waals surface area contributed by atoms with Gasteiger partial charge in [-0.3, -0.25) is 4.79 Å². The first-order valence-electron chi connectivity index (χ1n) is 7.13. The summed E-state index contributed by atoms with van der Waals surface area (Å²) in [5.74, 6) is 1.31. The fraction of sp³-hybridized carbons (Fsp3) is 0.533. The molecule has 3 nitrogen and oxygen atoms in total. The van der Waals surface area contributed by atoms with E-state index in [1.165, 1.54) is 11.3 Å². The number of amides is 1. The number of rotatable bonds is 3. The standard InChI is InChI=1S/C15H20N2OS2/c1-10-9-19-15(20-10)11-4-6-12(7-5-11)17-14(18)13-3-2-8-16-13/h4-7,10,13,15-16H,2-3,8-9H2,1H3,(H,17,18). The average Bonchev–Trinajstić information content (AvgIpc) is 3.10. The number of benzene rings is 1. The molecule has 0 aliphatic carbocycles. The third kappa shape index (κ3) is 3.32. The fourth-order valence-electron chi connectivity index (χ4n) is 2.55. The van der Waals surface area contributed by atoms with Crippen molar-refractivity contribution in [2.75, 3.05) is 17.6 Å². The predicted octanol–water partition coefficient (Wildman–Crippen LogP) is 3.24. The summed E-state index contributed by atoms with van der Waals surface area (Å²) in [6.45, 7) is 3.23. The van der Waals surface area contributed by atoms with Crippen LogP contribution in [0.3, 0.4) is 0 Å². The Morgan fingerprint density at radius 2 is 2.15 bits per heavy atom. The third-order valence-electron chi connectivity index (χ3n) is 3.67. The first kappa shape index (κ1) is 14.3. The van der Waals surface area contributed by atoms with Crippen molar-refractivity contribution in [3.63, 3.8) is 0 Å². The van der Waals surface area contributed by atoms with Crippen LogP contribution in [0, 0.1) is 0 Å². The van der Waals surface area contributed by atoms with Crippen LogP contribution in [0.25, 0.3) is 0 Å². The number of hydrogen-bond donors (Lipinski definition) is 2. The van der Waals surface area contributed by atoms with Gasteiger partial charge in [0.05, 0.1) is 10.6 Å². The van der Waals surface area contributed by atoms with Crippen molar-refractivity contribution < 1.29 is 4.79 Å². The number of nitrogens with one attached hydrogen (secondary N) is 2. The summed E-state index contributed by atoms with van der Waals surface area (Å²) in [5, 5.41) is 6.95. The third-order valence-corrected chi connectivity index (χ3v) is 7.04. The summed E-state index contributed by atoms with van der Waals surface area (Å²) in [5.41, 5.74) is 2.25. The zero-order chi connectivity index (χ0) is 13.9. The number of carbonyl (C=O) groups excluding carboxylic acids is 1. The van der Waals surface area contributed by atoms with Gasteiger partial charge in [-0.15, -0.1) is 23.5 Å². The van der Waals surface area contributed by atoms with E-state index < -0.39 is 0 Å². The molecule has 2 saturated heterocycles. The van der Waals surface area contributed by atoms with Gasteiger partial charge in [0.25, 0.3) is 0 Å². The number of hydrogen-bond acceptors (Lipinski definition) is 4. The van der Waals surface area contributed by atoms with E-state index in [-0.39, 0.29) is 11.9 Å². The van der Waals surface area contributed by atoms with E-state index in [1.54, 1.807) is 0 Å². The monoisotopic (exact) mass is 308 g/mol. The smallest absolute Gasteiger partial charge is 0.241 e. The maximum atomic E-state index is 12.0. The van der Waals surface area contributed by atoms with E-state index >= 15 is 0 Å². The molecular formula is C15H20N2OS2. The molecule has 2 fully saturated rings. The van der Waals surface area contributed by atoms with E-state index in [0.29, 0.717) is 4.58 Å². The highest BCUT2D eigenvalue weighted by Gasteiger charge is 2.24. The van der Waals surface area contributed by atoms with Crippen LogP contribution < -0.4 is 10.6 Å². The van der Waals surface area contributed by atoms with Gasteiger partial charge >= 0.3 is 0 Å². The number of thioether (sulfide) groups is 2. The lowest BCUT2D eigenvalue weighted by atomic mass is 10.2. The van der Waals surface area contributed by atoms with E-state index in [0.717, 1.165) is 30.3 Å². The SMILES string of the molecule is CC1CSC(c2ccc(NC(=O)C3CCCN3)cc2)S1. The van der Waals surface area contributed by atoms with Crippen molar-refractivity contribution in [3.05, 3.63) is 29.8 Å². The van der Waals surface area contributed by atoms with Crippen molar-refractivity contribution in [2.45, 2.75) is 35.6 Å². The molecule has 3 atom stereocenters. The summed E-state index contributed by atoms with van der Waals surface area (Å²) < 4.78 is 0.547. The Bertz CT molecular complexity index is 471. The molecule has 20 heavy (non-hydrogen) atoms. The van der Waals surface area contributed by atoms with Crippen LogP contribution in [0.2, 0.25) is 0 Å². The molecule has 2 N–H and O–H groups in total. The lowest BCUT2D eigenvalue weighted by Crippen LogP contribution is -2.35. The first-order valence-corrected chi connectivity index (χ1v) is 9.13. The second-order valence-corrected chi connectivity index (χ2v) is 8.36.